The van der Waals surface area contributed by atoms with Crippen molar-refractivity contribution in [2.24, 2.45) is 11.7 Å². The van der Waals surface area contributed by atoms with Gasteiger partial charge in [0, 0.05) is 31.1 Å². The number of benzene rings is 2. The number of nitrogens with two attached hydrogens (primary N) is 1. The maximum absolute atomic E-state index is 13.2. The van der Waals surface area contributed by atoms with Crippen molar-refractivity contribution >= 4 is 28.1 Å². The van der Waals surface area contributed by atoms with E-state index in [1.54, 1.807) is 0 Å². The molecular formula is C18H22ClN3O5S. The van der Waals surface area contributed by atoms with Gasteiger partial charge in [-0.3, -0.25) is 10.1 Å². The molecule has 28 heavy (non-hydrogen) atoms. The fourth-order valence-electron chi connectivity index (χ4n) is 3.46. The number of non-ortho nitro benzene ring substituents is 1. The van der Waals surface area contributed by atoms with Gasteiger partial charge in [-0.2, -0.15) is 4.31 Å². The van der Waals surface area contributed by atoms with E-state index in [9.17, 15) is 18.5 Å². The molecule has 10 heteroatoms. The highest BCUT2D eigenvalue weighted by Gasteiger charge is 2.40. The van der Waals surface area contributed by atoms with Crippen molar-refractivity contribution < 1.29 is 18.1 Å². The van der Waals surface area contributed by atoms with Crippen LogP contribution >= 0.6 is 12.4 Å². The minimum atomic E-state index is -3.97. The number of ether oxygens (including phenoxy) is 1. The average Bonchev–Trinajstić information content (AvgIpc) is 3.13. The number of methoxy groups -OCH3 is 1. The van der Waals surface area contributed by atoms with Crippen LogP contribution in [0, 0.1) is 16.0 Å². The molecule has 0 aliphatic carbocycles. The summed E-state index contributed by atoms with van der Waals surface area (Å²) in [6.45, 7) is 0.863. The van der Waals surface area contributed by atoms with Crippen molar-refractivity contribution in [3.05, 3.63) is 64.2 Å². The largest absolute Gasteiger partial charge is 0.495 e. The number of hydrogen-bond donors (Lipinski definition) is 1. The molecule has 152 valence electrons. The zero-order chi connectivity index (χ0) is 19.6. The fraction of sp³-hybridized carbons (Fsp3) is 0.333. The predicted molar refractivity (Wildman–Crippen MR) is 107 cm³/mol. The third-order valence-electron chi connectivity index (χ3n) is 4.91. The lowest BCUT2D eigenvalue weighted by atomic mass is 9.89. The van der Waals surface area contributed by atoms with E-state index in [2.05, 4.69) is 0 Å². The molecule has 0 unspecified atom stereocenters. The van der Waals surface area contributed by atoms with Crippen LogP contribution < -0.4 is 10.5 Å². The van der Waals surface area contributed by atoms with Gasteiger partial charge >= 0.3 is 0 Å². The van der Waals surface area contributed by atoms with Crippen LogP contribution in [0.2, 0.25) is 0 Å². The van der Waals surface area contributed by atoms with Crippen molar-refractivity contribution in [2.75, 3.05) is 26.7 Å². The van der Waals surface area contributed by atoms with E-state index in [1.165, 1.54) is 23.5 Å². The molecule has 2 atom stereocenters. The molecule has 1 aliphatic rings. The Kier molecular flexibility index (Phi) is 7.00. The Morgan fingerprint density at radius 2 is 1.89 bits per heavy atom. The summed E-state index contributed by atoms with van der Waals surface area (Å²) in [6, 6.07) is 13.2. The second-order valence-electron chi connectivity index (χ2n) is 6.43. The molecule has 1 aliphatic heterocycles. The molecule has 1 heterocycles. The monoisotopic (exact) mass is 427 g/mol. The molecule has 0 bridgehead atoms. The lowest BCUT2D eigenvalue weighted by Gasteiger charge is -2.18. The zero-order valence-electron chi connectivity index (χ0n) is 15.2. The maximum Gasteiger partial charge on any atom is 0.271 e. The molecule has 3 rings (SSSR count). The van der Waals surface area contributed by atoms with Crippen LogP contribution in [0.1, 0.15) is 11.5 Å². The van der Waals surface area contributed by atoms with Crippen LogP contribution in [-0.4, -0.2) is 44.4 Å². The number of halogens is 1. The number of hydrogen-bond acceptors (Lipinski definition) is 6. The smallest absolute Gasteiger partial charge is 0.271 e. The van der Waals surface area contributed by atoms with Crippen LogP contribution in [0.4, 0.5) is 5.69 Å². The first kappa shape index (κ1) is 22.1. The number of sulfonamides is 1. The van der Waals surface area contributed by atoms with Crippen LogP contribution in [0.25, 0.3) is 0 Å². The molecule has 2 N–H and O–H groups in total. The maximum atomic E-state index is 13.2. The first-order chi connectivity index (χ1) is 12.9. The van der Waals surface area contributed by atoms with Crippen LogP contribution in [0.3, 0.4) is 0 Å². The van der Waals surface area contributed by atoms with Gasteiger partial charge in [0.05, 0.1) is 12.0 Å². The van der Waals surface area contributed by atoms with Crippen LogP contribution in [0.5, 0.6) is 5.75 Å². The Hall–Kier alpha value is -2.20. The van der Waals surface area contributed by atoms with E-state index in [1.807, 2.05) is 30.3 Å². The minimum absolute atomic E-state index is 0. The van der Waals surface area contributed by atoms with Gasteiger partial charge in [0.25, 0.3) is 5.69 Å². The summed E-state index contributed by atoms with van der Waals surface area (Å²) in [4.78, 5) is 10.2. The number of nitro benzene ring substituents is 1. The van der Waals surface area contributed by atoms with Gasteiger partial charge in [0.1, 0.15) is 10.6 Å². The van der Waals surface area contributed by atoms with Crippen LogP contribution in [0.15, 0.2) is 53.4 Å². The third-order valence-corrected chi connectivity index (χ3v) is 6.77. The van der Waals surface area contributed by atoms with Gasteiger partial charge < -0.3 is 10.5 Å². The van der Waals surface area contributed by atoms with Gasteiger partial charge in [-0.15, -0.1) is 12.4 Å². The van der Waals surface area contributed by atoms with Gasteiger partial charge in [0.15, 0.2) is 0 Å². The first-order valence-corrected chi connectivity index (χ1v) is 9.90. The first-order valence-electron chi connectivity index (χ1n) is 8.46. The Morgan fingerprint density at radius 1 is 1.21 bits per heavy atom. The molecule has 0 spiro atoms. The summed E-state index contributed by atoms with van der Waals surface area (Å²) in [7, 11) is -2.64. The molecule has 8 nitrogen and oxygen atoms in total. The lowest BCUT2D eigenvalue weighted by Crippen LogP contribution is -2.30. The van der Waals surface area contributed by atoms with Crippen molar-refractivity contribution in [2.45, 2.75) is 10.8 Å². The topological polar surface area (TPSA) is 116 Å². The van der Waals surface area contributed by atoms with Gasteiger partial charge in [-0.1, -0.05) is 30.3 Å². The number of nitro groups is 1. The second kappa shape index (κ2) is 8.87. The van der Waals surface area contributed by atoms with Crippen molar-refractivity contribution in [1.29, 1.82) is 0 Å². The number of nitrogens with zero attached hydrogens (tertiary/aromatic N) is 2. The highest BCUT2D eigenvalue weighted by Crippen LogP contribution is 2.38. The van der Waals surface area contributed by atoms with E-state index in [4.69, 9.17) is 10.5 Å². The normalized spacial score (nSPS) is 19.8. The van der Waals surface area contributed by atoms with E-state index in [0.29, 0.717) is 6.54 Å². The summed E-state index contributed by atoms with van der Waals surface area (Å²) in [5.74, 6) is 0.00981. The highest BCUT2D eigenvalue weighted by molar-refractivity contribution is 7.89. The standard InChI is InChI=1S/C18H21N3O5S.ClH/c1-26-17-8-7-15(21(22)23)9-18(17)27(24,25)20-11-14(10-19)16(12-20)13-5-3-2-4-6-13;/h2-9,14,16H,10-12,19H2,1H3;1H/t14-,16+;/m1./s1. The summed E-state index contributed by atoms with van der Waals surface area (Å²) < 4.78 is 32.9. The van der Waals surface area contributed by atoms with Gasteiger partial charge in [-0.05, 0) is 24.1 Å². The van der Waals surface area contributed by atoms with E-state index in [0.717, 1.165) is 11.6 Å². The molecule has 1 fully saturated rings. The van der Waals surface area contributed by atoms with E-state index >= 15 is 0 Å². The average molecular weight is 428 g/mol. The summed E-state index contributed by atoms with van der Waals surface area (Å²) in [5.41, 5.74) is 6.61. The van der Waals surface area contributed by atoms with Crippen molar-refractivity contribution in [3.8, 4) is 5.75 Å². The van der Waals surface area contributed by atoms with Gasteiger partial charge in [0.2, 0.25) is 10.0 Å². The minimum Gasteiger partial charge on any atom is -0.495 e. The third kappa shape index (κ3) is 4.12. The second-order valence-corrected chi connectivity index (χ2v) is 8.33. The summed E-state index contributed by atoms with van der Waals surface area (Å²) in [5, 5.41) is 11.1. The molecule has 2 aromatic rings. The van der Waals surface area contributed by atoms with E-state index < -0.39 is 14.9 Å². The predicted octanol–water partition coefficient (Wildman–Crippen LogP) is 2.39. The molecular weight excluding hydrogens is 406 g/mol. The van der Waals surface area contributed by atoms with Gasteiger partial charge in [-0.25, -0.2) is 8.42 Å². The molecule has 1 saturated heterocycles. The zero-order valence-corrected chi connectivity index (χ0v) is 16.9. The highest BCUT2D eigenvalue weighted by atomic mass is 35.5. The molecule has 0 amide bonds. The molecule has 0 radical (unpaired) electrons. The quantitative estimate of drug-likeness (QED) is 0.559. The summed E-state index contributed by atoms with van der Waals surface area (Å²) >= 11 is 0. The molecule has 2 aromatic carbocycles. The molecule has 0 saturated carbocycles. The molecule has 0 aromatic heterocycles. The number of rotatable bonds is 6. The Bertz CT molecular complexity index is 939. The lowest BCUT2D eigenvalue weighted by molar-refractivity contribution is -0.385. The Morgan fingerprint density at radius 3 is 2.46 bits per heavy atom. The Balaban J connectivity index is 0.00000280. The summed E-state index contributed by atoms with van der Waals surface area (Å²) in [6.07, 6.45) is 0. The van der Waals surface area contributed by atoms with E-state index in [-0.39, 0.29) is 53.7 Å². The van der Waals surface area contributed by atoms with Crippen molar-refractivity contribution in [1.82, 2.24) is 4.31 Å². The fourth-order valence-corrected chi connectivity index (χ4v) is 5.16. The van der Waals surface area contributed by atoms with Crippen LogP contribution in [-0.2, 0) is 10.0 Å². The van der Waals surface area contributed by atoms with Crippen molar-refractivity contribution in [3.63, 3.8) is 0 Å². The Labute approximate surface area is 169 Å². The SMILES string of the molecule is COc1ccc([N+](=O)[O-])cc1S(=O)(=O)N1C[C@@H](CN)[C@H](c2ccccc2)C1.Cl.